The summed E-state index contributed by atoms with van der Waals surface area (Å²) in [5.74, 6) is -1.62. The second-order valence-corrected chi connectivity index (χ2v) is 5.93. The van der Waals surface area contributed by atoms with Crippen molar-refractivity contribution in [3.8, 4) is 0 Å². The van der Waals surface area contributed by atoms with Crippen LogP contribution in [0, 0.1) is 17.5 Å². The van der Waals surface area contributed by atoms with Gasteiger partial charge in [0.15, 0.2) is 0 Å². The molecule has 0 N–H and O–H groups in total. The second-order valence-electron chi connectivity index (χ2n) is 4.43. The summed E-state index contributed by atoms with van der Waals surface area (Å²) in [6, 6.07) is 8.54. The molecule has 0 bridgehead atoms. The standard InChI is InChI=1S/C15H11Br2F3/c16-8-10(9-1-3-11(18)4-2-9)7-12-14(19)6-5-13(17)15(12)20/h1-6,10H,7-8H2. The Morgan fingerprint density at radius 3 is 2.20 bits per heavy atom. The van der Waals surface area contributed by atoms with Crippen LogP contribution < -0.4 is 0 Å². The fourth-order valence-electron chi connectivity index (χ4n) is 2.00. The van der Waals surface area contributed by atoms with Crippen LogP contribution in [-0.4, -0.2) is 5.33 Å². The molecular formula is C15H11Br2F3. The Morgan fingerprint density at radius 1 is 0.950 bits per heavy atom. The van der Waals surface area contributed by atoms with Gasteiger partial charge in [0.2, 0.25) is 0 Å². The molecule has 0 aliphatic carbocycles. The van der Waals surface area contributed by atoms with Crippen LogP contribution in [0.2, 0.25) is 0 Å². The third-order valence-electron chi connectivity index (χ3n) is 3.12. The van der Waals surface area contributed by atoms with Crippen molar-refractivity contribution in [2.75, 3.05) is 5.33 Å². The van der Waals surface area contributed by atoms with E-state index >= 15 is 0 Å². The molecule has 0 saturated heterocycles. The smallest absolute Gasteiger partial charge is 0.143 e. The first-order valence-corrected chi connectivity index (χ1v) is 7.88. The van der Waals surface area contributed by atoms with Gasteiger partial charge in [-0.15, -0.1) is 0 Å². The molecule has 0 fully saturated rings. The third kappa shape index (κ3) is 3.44. The van der Waals surface area contributed by atoms with Crippen molar-refractivity contribution in [2.24, 2.45) is 0 Å². The van der Waals surface area contributed by atoms with Gasteiger partial charge in [-0.2, -0.15) is 0 Å². The van der Waals surface area contributed by atoms with E-state index in [1.54, 1.807) is 12.1 Å². The highest BCUT2D eigenvalue weighted by Gasteiger charge is 2.18. The third-order valence-corrected chi connectivity index (χ3v) is 4.51. The van der Waals surface area contributed by atoms with Crippen molar-refractivity contribution in [3.63, 3.8) is 0 Å². The molecule has 2 aromatic carbocycles. The molecule has 0 aromatic heterocycles. The number of rotatable bonds is 4. The summed E-state index contributed by atoms with van der Waals surface area (Å²) in [7, 11) is 0. The quantitative estimate of drug-likeness (QED) is 0.458. The largest absolute Gasteiger partial charge is 0.207 e. The van der Waals surface area contributed by atoms with Gasteiger partial charge in [-0.05, 0) is 58.1 Å². The first kappa shape index (κ1) is 15.6. The Hall–Kier alpha value is -0.810. The van der Waals surface area contributed by atoms with Crippen molar-refractivity contribution in [1.29, 1.82) is 0 Å². The van der Waals surface area contributed by atoms with E-state index < -0.39 is 11.6 Å². The summed E-state index contributed by atoms with van der Waals surface area (Å²) >= 11 is 6.40. The van der Waals surface area contributed by atoms with Crippen LogP contribution >= 0.6 is 31.9 Å². The van der Waals surface area contributed by atoms with Crippen molar-refractivity contribution < 1.29 is 13.2 Å². The van der Waals surface area contributed by atoms with E-state index in [0.717, 1.165) is 5.56 Å². The van der Waals surface area contributed by atoms with Crippen LogP contribution in [-0.2, 0) is 6.42 Å². The minimum atomic E-state index is -0.585. The Labute approximate surface area is 132 Å². The van der Waals surface area contributed by atoms with Crippen molar-refractivity contribution in [1.82, 2.24) is 0 Å². The van der Waals surface area contributed by atoms with Crippen LogP contribution in [0.1, 0.15) is 17.0 Å². The number of hydrogen-bond donors (Lipinski definition) is 0. The average Bonchev–Trinajstić information content (AvgIpc) is 2.45. The molecular weight excluding hydrogens is 397 g/mol. The minimum absolute atomic E-state index is 0.0353. The fourth-order valence-corrected chi connectivity index (χ4v) is 2.97. The molecule has 2 aromatic rings. The van der Waals surface area contributed by atoms with E-state index in [4.69, 9.17) is 0 Å². The maximum Gasteiger partial charge on any atom is 0.143 e. The number of alkyl halides is 1. The molecule has 0 nitrogen and oxygen atoms in total. The SMILES string of the molecule is Fc1ccc(C(CBr)Cc2c(F)ccc(Br)c2F)cc1. The molecule has 106 valence electrons. The summed E-state index contributed by atoms with van der Waals surface area (Å²) in [6.07, 6.45) is 0.202. The first-order chi connectivity index (χ1) is 9.52. The molecule has 0 aliphatic rings. The van der Waals surface area contributed by atoms with E-state index in [1.807, 2.05) is 0 Å². The molecule has 0 aliphatic heterocycles. The van der Waals surface area contributed by atoms with Crippen molar-refractivity contribution in [2.45, 2.75) is 12.3 Å². The van der Waals surface area contributed by atoms with Crippen LogP contribution in [0.3, 0.4) is 0 Å². The lowest BCUT2D eigenvalue weighted by Crippen LogP contribution is -2.08. The summed E-state index contributed by atoms with van der Waals surface area (Å²) in [6.45, 7) is 0. The highest BCUT2D eigenvalue weighted by atomic mass is 79.9. The summed E-state index contributed by atoms with van der Waals surface area (Å²) in [5, 5.41) is 0.532. The summed E-state index contributed by atoms with van der Waals surface area (Å²) < 4.78 is 40.9. The minimum Gasteiger partial charge on any atom is -0.207 e. The van der Waals surface area contributed by atoms with E-state index in [9.17, 15) is 13.2 Å². The summed E-state index contributed by atoms with van der Waals surface area (Å²) in [5.41, 5.74) is 0.871. The number of benzene rings is 2. The second kappa shape index (κ2) is 6.76. The molecule has 0 saturated carbocycles. The maximum atomic E-state index is 14.0. The van der Waals surface area contributed by atoms with Crippen LogP contribution in [0.25, 0.3) is 0 Å². The molecule has 1 unspecified atom stereocenters. The lowest BCUT2D eigenvalue weighted by molar-refractivity contribution is 0.540. The predicted molar refractivity (Wildman–Crippen MR) is 80.7 cm³/mol. The zero-order chi connectivity index (χ0) is 14.7. The molecule has 2 rings (SSSR count). The van der Waals surface area contributed by atoms with Gasteiger partial charge in [0.25, 0.3) is 0 Å². The van der Waals surface area contributed by atoms with E-state index in [1.165, 1.54) is 24.3 Å². The Morgan fingerprint density at radius 2 is 1.60 bits per heavy atom. The predicted octanol–water partition coefficient (Wildman–Crippen LogP) is 5.59. The van der Waals surface area contributed by atoms with Gasteiger partial charge >= 0.3 is 0 Å². The van der Waals surface area contributed by atoms with Gasteiger partial charge in [0, 0.05) is 10.9 Å². The average molecular weight is 408 g/mol. The molecule has 0 spiro atoms. The van der Waals surface area contributed by atoms with Crippen LogP contribution in [0.5, 0.6) is 0 Å². The topological polar surface area (TPSA) is 0 Å². The Balaban J connectivity index is 2.31. The van der Waals surface area contributed by atoms with Crippen LogP contribution in [0.4, 0.5) is 13.2 Å². The van der Waals surface area contributed by atoms with Gasteiger partial charge < -0.3 is 0 Å². The van der Waals surface area contributed by atoms with Gasteiger partial charge in [-0.3, -0.25) is 0 Å². The first-order valence-electron chi connectivity index (χ1n) is 5.96. The zero-order valence-corrected chi connectivity index (χ0v) is 13.5. The van der Waals surface area contributed by atoms with Gasteiger partial charge in [0.1, 0.15) is 17.5 Å². The number of halogens is 5. The Bertz CT molecular complexity index is 597. The Kier molecular flexibility index (Phi) is 5.27. The molecule has 0 radical (unpaired) electrons. The highest BCUT2D eigenvalue weighted by Crippen LogP contribution is 2.29. The van der Waals surface area contributed by atoms with E-state index in [2.05, 4.69) is 31.9 Å². The van der Waals surface area contributed by atoms with Gasteiger partial charge in [-0.1, -0.05) is 28.1 Å². The normalized spacial score (nSPS) is 12.4. The fraction of sp³-hybridized carbons (Fsp3) is 0.200. The molecule has 0 amide bonds. The lowest BCUT2D eigenvalue weighted by atomic mass is 9.93. The molecule has 5 heteroatoms. The van der Waals surface area contributed by atoms with Crippen molar-refractivity contribution in [3.05, 3.63) is 69.4 Å². The van der Waals surface area contributed by atoms with Crippen LogP contribution in [0.15, 0.2) is 40.9 Å². The molecule has 20 heavy (non-hydrogen) atoms. The number of hydrogen-bond acceptors (Lipinski definition) is 0. The van der Waals surface area contributed by atoms with E-state index in [-0.39, 0.29) is 28.2 Å². The molecule has 1 atom stereocenters. The monoisotopic (exact) mass is 406 g/mol. The van der Waals surface area contributed by atoms with Gasteiger partial charge in [-0.25, -0.2) is 13.2 Å². The molecule has 0 heterocycles. The highest BCUT2D eigenvalue weighted by molar-refractivity contribution is 9.10. The summed E-state index contributed by atoms with van der Waals surface area (Å²) in [4.78, 5) is 0. The maximum absolute atomic E-state index is 14.0. The zero-order valence-electron chi connectivity index (χ0n) is 10.3. The lowest BCUT2D eigenvalue weighted by Gasteiger charge is -2.16. The van der Waals surface area contributed by atoms with E-state index in [0.29, 0.717) is 5.33 Å². The van der Waals surface area contributed by atoms with Gasteiger partial charge in [0.05, 0.1) is 4.47 Å². The van der Waals surface area contributed by atoms with Crippen molar-refractivity contribution >= 4 is 31.9 Å².